The van der Waals surface area contributed by atoms with Crippen LogP contribution >= 0.6 is 0 Å². The number of amides is 2. The van der Waals surface area contributed by atoms with E-state index >= 15 is 0 Å². The minimum atomic E-state index is -0.785. The van der Waals surface area contributed by atoms with E-state index in [1.807, 2.05) is 46.8 Å². The number of carbonyl (C=O) groups is 1. The molecule has 2 N–H and O–H groups in total. The van der Waals surface area contributed by atoms with E-state index in [1.54, 1.807) is 19.2 Å². The Bertz CT molecular complexity index is 814. The van der Waals surface area contributed by atoms with E-state index in [-0.39, 0.29) is 30.7 Å². The number of aliphatic hydroxyl groups excluding tert-OH is 1. The normalized spacial score (nSPS) is 12.8. The first-order chi connectivity index (χ1) is 14.6. The summed E-state index contributed by atoms with van der Waals surface area (Å²) in [7, 11) is 1.61. The lowest BCUT2D eigenvalue weighted by Crippen LogP contribution is -2.39. The van der Waals surface area contributed by atoms with Gasteiger partial charge in [-0.25, -0.2) is 4.79 Å². The van der Waals surface area contributed by atoms with Crippen molar-refractivity contribution in [3.05, 3.63) is 30.2 Å². The van der Waals surface area contributed by atoms with Gasteiger partial charge >= 0.3 is 6.03 Å². The number of benzene rings is 1. The lowest BCUT2D eigenvalue weighted by atomic mass is 9.97. The van der Waals surface area contributed by atoms with Crippen molar-refractivity contribution < 1.29 is 23.9 Å². The summed E-state index contributed by atoms with van der Waals surface area (Å²) in [6.45, 7) is 11.1. The first kappa shape index (κ1) is 24.8. The molecule has 1 unspecified atom stereocenters. The Morgan fingerprint density at radius 1 is 1.23 bits per heavy atom. The number of urea groups is 1. The van der Waals surface area contributed by atoms with Crippen molar-refractivity contribution in [2.45, 2.75) is 52.2 Å². The molecule has 1 atom stereocenters. The minimum absolute atomic E-state index is 0.134. The summed E-state index contributed by atoms with van der Waals surface area (Å²) in [5.41, 5.74) is 1.19. The molecular formula is C22H34N4O5. The van der Waals surface area contributed by atoms with Gasteiger partial charge in [0.25, 0.3) is 0 Å². The van der Waals surface area contributed by atoms with Crippen LogP contribution in [0.3, 0.4) is 0 Å². The van der Waals surface area contributed by atoms with Crippen molar-refractivity contribution in [2.24, 2.45) is 0 Å². The number of rotatable bonds is 10. The fourth-order valence-electron chi connectivity index (χ4n) is 2.58. The van der Waals surface area contributed by atoms with Gasteiger partial charge in [0.1, 0.15) is 0 Å². The van der Waals surface area contributed by atoms with Gasteiger partial charge in [0, 0.05) is 23.7 Å². The zero-order valence-corrected chi connectivity index (χ0v) is 19.2. The van der Waals surface area contributed by atoms with E-state index in [9.17, 15) is 9.90 Å². The van der Waals surface area contributed by atoms with Gasteiger partial charge < -0.3 is 29.3 Å². The number of ether oxygens (including phenoxy) is 2. The third kappa shape index (κ3) is 8.28. The van der Waals surface area contributed by atoms with Gasteiger partial charge in [-0.05, 0) is 38.1 Å². The van der Waals surface area contributed by atoms with Crippen LogP contribution in [0.5, 0.6) is 0 Å². The number of anilines is 1. The summed E-state index contributed by atoms with van der Waals surface area (Å²) in [6, 6.07) is 6.83. The molecule has 31 heavy (non-hydrogen) atoms. The summed E-state index contributed by atoms with van der Waals surface area (Å²) < 4.78 is 16.1. The summed E-state index contributed by atoms with van der Waals surface area (Å²) in [5, 5.41) is 16.9. The molecule has 0 spiro atoms. The average Bonchev–Trinajstić information content (AvgIpc) is 3.18. The van der Waals surface area contributed by atoms with Gasteiger partial charge in [0.05, 0.1) is 38.6 Å². The second-order valence-corrected chi connectivity index (χ2v) is 8.71. The second-order valence-electron chi connectivity index (χ2n) is 8.71. The van der Waals surface area contributed by atoms with Crippen LogP contribution in [0, 0.1) is 0 Å². The Morgan fingerprint density at radius 2 is 1.90 bits per heavy atom. The molecule has 2 amide bonds. The number of aromatic nitrogens is 2. The summed E-state index contributed by atoms with van der Waals surface area (Å²) in [5.74, 6) is 1.07. The second kappa shape index (κ2) is 11.2. The number of carbonyl (C=O) groups excluding carboxylic acids is 1. The van der Waals surface area contributed by atoms with Crippen LogP contribution < -0.4 is 5.32 Å². The predicted octanol–water partition coefficient (Wildman–Crippen LogP) is 3.30. The van der Waals surface area contributed by atoms with Crippen LogP contribution in [0.2, 0.25) is 0 Å². The molecule has 2 rings (SSSR count). The first-order valence-electron chi connectivity index (χ1n) is 10.4. The maximum Gasteiger partial charge on any atom is 0.321 e. The molecule has 0 radical (unpaired) electrons. The maximum absolute atomic E-state index is 12.4. The Morgan fingerprint density at radius 3 is 2.48 bits per heavy atom. The molecule has 172 valence electrons. The van der Waals surface area contributed by atoms with Crippen molar-refractivity contribution in [1.29, 1.82) is 0 Å². The number of nitrogens with one attached hydrogen (secondary N) is 1. The largest absolute Gasteiger partial charge is 0.389 e. The van der Waals surface area contributed by atoms with Crippen LogP contribution in [0.15, 0.2) is 28.8 Å². The fraction of sp³-hybridized carbons (Fsp3) is 0.591. The molecule has 9 heteroatoms. The highest BCUT2D eigenvalue weighted by molar-refractivity contribution is 5.89. The maximum atomic E-state index is 12.4. The molecule has 1 heterocycles. The van der Waals surface area contributed by atoms with E-state index in [2.05, 4.69) is 15.5 Å². The standard InChI is InChI=1S/C22H34N4O5/c1-15(2)30-12-11-29-14-18(27)13-26(6)21(28)23-17-9-7-16(8-10-17)19-24-20(31-25-19)22(3,4)5/h7-10,15,18,27H,11-14H2,1-6H3,(H,23,28). The number of aliphatic hydroxyl groups is 1. The zero-order valence-electron chi connectivity index (χ0n) is 19.2. The zero-order chi connectivity index (χ0) is 23.0. The Hall–Kier alpha value is -2.49. The average molecular weight is 435 g/mol. The third-order valence-electron chi connectivity index (χ3n) is 4.28. The summed E-state index contributed by atoms with van der Waals surface area (Å²) >= 11 is 0. The Balaban J connectivity index is 1.80. The molecule has 0 fully saturated rings. The molecule has 0 aliphatic heterocycles. The summed E-state index contributed by atoms with van der Waals surface area (Å²) in [6.07, 6.45) is -0.641. The van der Waals surface area contributed by atoms with Crippen molar-refractivity contribution in [3.63, 3.8) is 0 Å². The molecule has 9 nitrogen and oxygen atoms in total. The number of likely N-dealkylation sites (N-methyl/N-ethyl adjacent to an activating group) is 1. The van der Waals surface area contributed by atoms with Crippen molar-refractivity contribution in [3.8, 4) is 11.4 Å². The van der Waals surface area contributed by atoms with Crippen LogP contribution in [0.1, 0.15) is 40.5 Å². The molecule has 1 aromatic carbocycles. The number of hydrogen-bond donors (Lipinski definition) is 2. The Kier molecular flexibility index (Phi) is 8.97. The van der Waals surface area contributed by atoms with Crippen LogP contribution in [-0.4, -0.2) is 71.8 Å². The minimum Gasteiger partial charge on any atom is -0.389 e. The van der Waals surface area contributed by atoms with E-state index in [0.29, 0.717) is 30.6 Å². The summed E-state index contributed by atoms with van der Waals surface area (Å²) in [4.78, 5) is 18.2. The first-order valence-corrected chi connectivity index (χ1v) is 10.4. The van der Waals surface area contributed by atoms with Crippen LogP contribution in [0.4, 0.5) is 10.5 Å². The van der Waals surface area contributed by atoms with Crippen molar-refractivity contribution in [1.82, 2.24) is 15.0 Å². The highest BCUT2D eigenvalue weighted by atomic mass is 16.5. The Labute approximate surface area is 183 Å². The van der Waals surface area contributed by atoms with E-state index in [0.717, 1.165) is 5.56 Å². The van der Waals surface area contributed by atoms with E-state index < -0.39 is 6.10 Å². The lowest BCUT2D eigenvalue weighted by Gasteiger charge is -2.21. The van der Waals surface area contributed by atoms with Gasteiger partial charge in [-0.3, -0.25) is 0 Å². The van der Waals surface area contributed by atoms with Crippen LogP contribution in [-0.2, 0) is 14.9 Å². The smallest absolute Gasteiger partial charge is 0.321 e. The molecule has 0 saturated carbocycles. The van der Waals surface area contributed by atoms with Crippen LogP contribution in [0.25, 0.3) is 11.4 Å². The molecule has 0 saturated heterocycles. The van der Waals surface area contributed by atoms with Crippen molar-refractivity contribution in [2.75, 3.05) is 38.7 Å². The molecule has 0 aliphatic rings. The molecule has 0 bridgehead atoms. The molecule has 2 aromatic rings. The van der Waals surface area contributed by atoms with Gasteiger partial charge in [0.15, 0.2) is 0 Å². The molecule has 1 aromatic heterocycles. The number of hydrogen-bond acceptors (Lipinski definition) is 7. The van der Waals surface area contributed by atoms with E-state index in [1.165, 1.54) is 4.90 Å². The monoisotopic (exact) mass is 434 g/mol. The topological polar surface area (TPSA) is 110 Å². The van der Waals surface area contributed by atoms with Gasteiger partial charge in [-0.1, -0.05) is 25.9 Å². The lowest BCUT2D eigenvalue weighted by molar-refractivity contribution is -0.0144. The van der Waals surface area contributed by atoms with Gasteiger partial charge in [-0.15, -0.1) is 0 Å². The highest BCUT2D eigenvalue weighted by Gasteiger charge is 2.22. The number of nitrogens with zero attached hydrogens (tertiary/aromatic N) is 3. The SMILES string of the molecule is CC(C)OCCOCC(O)CN(C)C(=O)Nc1ccc(-c2noc(C(C)(C)C)n2)cc1. The van der Waals surface area contributed by atoms with E-state index in [4.69, 9.17) is 14.0 Å². The fourth-order valence-corrected chi connectivity index (χ4v) is 2.58. The predicted molar refractivity (Wildman–Crippen MR) is 118 cm³/mol. The molecular weight excluding hydrogens is 400 g/mol. The van der Waals surface area contributed by atoms with Crippen molar-refractivity contribution >= 4 is 11.7 Å². The van der Waals surface area contributed by atoms with Gasteiger partial charge in [-0.2, -0.15) is 4.98 Å². The third-order valence-corrected chi connectivity index (χ3v) is 4.28. The van der Waals surface area contributed by atoms with Gasteiger partial charge in [0.2, 0.25) is 11.7 Å². The molecule has 0 aliphatic carbocycles. The quantitative estimate of drug-likeness (QED) is 0.552. The highest BCUT2D eigenvalue weighted by Crippen LogP contribution is 2.24.